The number of hydrogen-bond acceptors (Lipinski definition) is 7. The zero-order chi connectivity index (χ0) is 12.2. The second kappa shape index (κ2) is 5.61. The number of phosphoric acid groups is 1. The maximum Gasteiger partial charge on any atom is 0.525 e. The second-order valence-corrected chi connectivity index (χ2v) is 3.96. The van der Waals surface area contributed by atoms with Gasteiger partial charge in [0.15, 0.2) is 0 Å². The quantitative estimate of drug-likeness (QED) is 0.272. The van der Waals surface area contributed by atoms with Crippen molar-refractivity contribution in [2.24, 2.45) is 0 Å². The van der Waals surface area contributed by atoms with Crippen LogP contribution in [-0.4, -0.2) is 54.8 Å². The third-order valence-corrected chi connectivity index (χ3v) is 2.05. The van der Waals surface area contributed by atoms with Crippen LogP contribution in [0.2, 0.25) is 0 Å². The molecule has 88 valence electrons. The third-order valence-electron chi connectivity index (χ3n) is 1.22. The van der Waals surface area contributed by atoms with Crippen molar-refractivity contribution in [2.75, 3.05) is 6.61 Å². The summed E-state index contributed by atoms with van der Waals surface area (Å²) in [7, 11) is -4.97. The fraction of sp³-hybridized carbons (Fsp3) is 0.600. The highest BCUT2D eigenvalue weighted by atomic mass is 32.1. The highest BCUT2D eigenvalue weighted by molar-refractivity contribution is 7.82. The van der Waals surface area contributed by atoms with Crippen molar-refractivity contribution in [1.82, 2.24) is 0 Å². The van der Waals surface area contributed by atoms with Gasteiger partial charge in [-0.25, -0.2) is 4.57 Å². The first-order chi connectivity index (χ1) is 6.69. The molecule has 0 aliphatic rings. The van der Waals surface area contributed by atoms with Gasteiger partial charge in [-0.05, 0) is 12.2 Å². The van der Waals surface area contributed by atoms with Crippen molar-refractivity contribution >= 4 is 30.9 Å². The smallest absolute Gasteiger partial charge is 0.394 e. The molecule has 0 radical (unpaired) electrons. The number of carbonyl (C=O) groups is 1. The first-order valence-corrected chi connectivity index (χ1v) is 5.43. The Labute approximate surface area is 89.4 Å². The Kier molecular flexibility index (Phi) is 5.46. The molecule has 0 aliphatic heterocycles. The van der Waals surface area contributed by atoms with Gasteiger partial charge in [-0.2, -0.15) is 0 Å². The molecule has 0 bridgehead atoms. The van der Waals surface area contributed by atoms with Gasteiger partial charge in [-0.15, -0.1) is 0 Å². The summed E-state index contributed by atoms with van der Waals surface area (Å²) in [6.45, 7) is -0.911. The van der Waals surface area contributed by atoms with Crippen molar-refractivity contribution in [2.45, 2.75) is 12.2 Å². The van der Waals surface area contributed by atoms with E-state index in [9.17, 15) is 9.36 Å². The number of carbonyl (C=O) groups excluding carboxylic acids is 1. The lowest BCUT2D eigenvalue weighted by Crippen LogP contribution is -2.40. The standard InChI is InChI=1S/C5H9O8PS/c6-1-2(7)3(8)4(9)5(15)13-14(10,11)12/h2-3,6-8H,1H2,(H2,10,11,12)/t2-,3+/m1/s1. The van der Waals surface area contributed by atoms with Crippen molar-refractivity contribution < 1.29 is 39.0 Å². The van der Waals surface area contributed by atoms with Crippen molar-refractivity contribution in [1.29, 1.82) is 0 Å². The molecule has 5 N–H and O–H groups in total. The van der Waals surface area contributed by atoms with Gasteiger partial charge >= 0.3 is 7.82 Å². The van der Waals surface area contributed by atoms with E-state index in [1.54, 1.807) is 0 Å². The molecular weight excluding hydrogens is 251 g/mol. The maximum absolute atomic E-state index is 11.0. The molecule has 10 heteroatoms. The Hall–Kier alpha value is -0.410. The van der Waals surface area contributed by atoms with E-state index in [1.807, 2.05) is 0 Å². The van der Waals surface area contributed by atoms with Crippen molar-refractivity contribution in [3.8, 4) is 0 Å². The zero-order valence-corrected chi connectivity index (χ0v) is 8.89. The van der Waals surface area contributed by atoms with E-state index < -0.39 is 37.5 Å². The van der Waals surface area contributed by atoms with Crippen LogP contribution in [0.3, 0.4) is 0 Å². The minimum atomic E-state index is -4.97. The fourth-order valence-electron chi connectivity index (χ4n) is 0.548. The van der Waals surface area contributed by atoms with E-state index in [2.05, 4.69) is 16.7 Å². The SMILES string of the molecule is O=C(C(=S)OP(=O)(O)O)[C@@H](O)[C@H](O)CO. The van der Waals surface area contributed by atoms with Crippen LogP contribution in [0.4, 0.5) is 0 Å². The molecule has 0 unspecified atom stereocenters. The number of aliphatic hydroxyl groups is 3. The summed E-state index contributed by atoms with van der Waals surface area (Å²) in [5.74, 6) is -1.39. The minimum Gasteiger partial charge on any atom is -0.394 e. The molecule has 0 aliphatic carbocycles. The summed E-state index contributed by atoms with van der Waals surface area (Å²) in [6.07, 6.45) is -3.88. The van der Waals surface area contributed by atoms with Gasteiger partial charge in [-0.1, -0.05) is 0 Å². The zero-order valence-electron chi connectivity index (χ0n) is 7.18. The Bertz CT molecular complexity index is 297. The maximum atomic E-state index is 11.0. The monoisotopic (exact) mass is 260 g/mol. The Morgan fingerprint density at radius 1 is 1.40 bits per heavy atom. The predicted molar refractivity (Wildman–Crippen MR) is 49.8 cm³/mol. The van der Waals surface area contributed by atoms with Crippen LogP contribution in [0.1, 0.15) is 0 Å². The molecule has 0 aromatic heterocycles. The summed E-state index contributed by atoms with van der Waals surface area (Å²) in [5, 5.41) is 25.0. The molecule has 0 rings (SSSR count). The number of phosphoric ester groups is 1. The van der Waals surface area contributed by atoms with E-state index in [-0.39, 0.29) is 0 Å². The number of rotatable bonds is 5. The summed E-state index contributed by atoms with van der Waals surface area (Å²) >= 11 is 4.15. The van der Waals surface area contributed by atoms with Crippen molar-refractivity contribution in [3.05, 3.63) is 0 Å². The Morgan fingerprint density at radius 2 is 1.87 bits per heavy atom. The van der Waals surface area contributed by atoms with E-state index in [1.165, 1.54) is 0 Å². The summed E-state index contributed by atoms with van der Waals surface area (Å²) < 4.78 is 14.0. The first-order valence-electron chi connectivity index (χ1n) is 3.49. The molecule has 0 spiro atoms. The van der Waals surface area contributed by atoms with Gasteiger partial charge in [0.25, 0.3) is 0 Å². The number of thiocarbonyl (C=S) groups is 1. The molecule has 8 nitrogen and oxygen atoms in total. The van der Waals surface area contributed by atoms with Gasteiger partial charge < -0.3 is 19.8 Å². The molecule has 0 aromatic rings. The van der Waals surface area contributed by atoms with E-state index in [0.29, 0.717) is 0 Å². The lowest BCUT2D eigenvalue weighted by molar-refractivity contribution is -0.128. The largest absolute Gasteiger partial charge is 0.525 e. The Morgan fingerprint density at radius 3 is 2.20 bits per heavy atom. The van der Waals surface area contributed by atoms with Gasteiger partial charge in [0.2, 0.25) is 10.8 Å². The molecule has 2 atom stereocenters. The van der Waals surface area contributed by atoms with Gasteiger partial charge in [0.05, 0.1) is 6.61 Å². The van der Waals surface area contributed by atoms with Crippen LogP contribution in [-0.2, 0) is 13.9 Å². The lowest BCUT2D eigenvalue weighted by Gasteiger charge is -2.14. The van der Waals surface area contributed by atoms with Crippen LogP contribution in [0, 0.1) is 0 Å². The minimum absolute atomic E-state index is 0.911. The van der Waals surface area contributed by atoms with Crippen LogP contribution >= 0.6 is 20.0 Å². The molecular formula is C5H9O8PS. The number of aliphatic hydroxyl groups excluding tert-OH is 3. The molecule has 0 saturated heterocycles. The normalized spacial score (nSPS) is 15.5. The highest BCUT2D eigenvalue weighted by Gasteiger charge is 2.31. The fourth-order valence-corrected chi connectivity index (χ4v) is 1.27. The molecule has 0 aromatic carbocycles. The third kappa shape index (κ3) is 5.28. The second-order valence-electron chi connectivity index (χ2n) is 2.43. The number of Topliss-reactive ketones (excluding diaryl/α,β-unsaturated/α-hetero) is 1. The van der Waals surface area contributed by atoms with Gasteiger partial charge in [0.1, 0.15) is 12.2 Å². The average molecular weight is 260 g/mol. The van der Waals surface area contributed by atoms with E-state index >= 15 is 0 Å². The van der Waals surface area contributed by atoms with Gasteiger partial charge in [0, 0.05) is 0 Å². The predicted octanol–water partition coefficient (Wildman–Crippen LogP) is -2.29. The van der Waals surface area contributed by atoms with E-state index in [0.717, 1.165) is 0 Å². The summed E-state index contributed by atoms with van der Waals surface area (Å²) in [5.41, 5.74) is 0. The Balaban J connectivity index is 4.46. The lowest BCUT2D eigenvalue weighted by atomic mass is 10.1. The molecule has 0 fully saturated rings. The highest BCUT2D eigenvalue weighted by Crippen LogP contribution is 2.36. The van der Waals surface area contributed by atoms with Crippen LogP contribution in [0.25, 0.3) is 0 Å². The molecule has 0 heterocycles. The van der Waals surface area contributed by atoms with E-state index in [4.69, 9.17) is 25.1 Å². The topological polar surface area (TPSA) is 145 Å². The van der Waals surface area contributed by atoms with Crippen LogP contribution in [0.5, 0.6) is 0 Å². The average Bonchev–Trinajstić information content (AvgIpc) is 2.11. The molecule has 0 amide bonds. The number of hydrogen-bond donors (Lipinski definition) is 5. The summed E-state index contributed by atoms with van der Waals surface area (Å²) in [6, 6.07) is 0. The molecule has 0 saturated carbocycles. The van der Waals surface area contributed by atoms with Crippen LogP contribution < -0.4 is 0 Å². The summed E-state index contributed by atoms with van der Waals surface area (Å²) in [4.78, 5) is 27.5. The van der Waals surface area contributed by atoms with Gasteiger partial charge in [-0.3, -0.25) is 14.6 Å². The first kappa shape index (κ1) is 14.6. The van der Waals surface area contributed by atoms with Crippen molar-refractivity contribution in [3.63, 3.8) is 0 Å². The molecule has 15 heavy (non-hydrogen) atoms. The van der Waals surface area contributed by atoms with Crippen LogP contribution in [0.15, 0.2) is 0 Å². The number of ketones is 1.